The molecule has 7 nitrogen and oxygen atoms in total. The van der Waals surface area contributed by atoms with Crippen LogP contribution < -0.4 is 4.72 Å². The van der Waals surface area contributed by atoms with Crippen LogP contribution in [0, 0.1) is 0 Å². The molecular formula is C17H19NO6S4. The van der Waals surface area contributed by atoms with Gasteiger partial charge in [0.25, 0.3) is 9.06 Å². The highest BCUT2D eigenvalue weighted by Gasteiger charge is 2.38. The standard InChI is InChI=1S/C17H19NO6S4/c1-25(11-10-13-6-4-5-7-16(13)25)28(23,24)18-15-9-8-14(26(2,19)20)12-17(15)27(3,21)22/h4-12,18H,1-3H3. The number of anilines is 1. The predicted molar refractivity (Wildman–Crippen MR) is 112 cm³/mol. The molecule has 1 atom stereocenters. The molecule has 0 fully saturated rings. The first-order valence-electron chi connectivity index (χ1n) is 7.88. The van der Waals surface area contributed by atoms with Gasteiger partial charge in [0.05, 0.1) is 15.5 Å². The van der Waals surface area contributed by atoms with E-state index in [1.54, 1.807) is 35.9 Å². The molecule has 1 heterocycles. The van der Waals surface area contributed by atoms with Gasteiger partial charge in [-0.25, -0.2) is 16.8 Å². The second-order valence-electron chi connectivity index (χ2n) is 6.50. The highest BCUT2D eigenvalue weighted by molar-refractivity contribution is 8.91. The van der Waals surface area contributed by atoms with E-state index in [-0.39, 0.29) is 10.6 Å². The molecule has 1 unspecified atom stereocenters. The number of nitrogens with one attached hydrogen (secondary N) is 1. The maximum atomic E-state index is 13.2. The molecule has 11 heteroatoms. The lowest BCUT2D eigenvalue weighted by Crippen LogP contribution is -2.20. The van der Waals surface area contributed by atoms with Crippen LogP contribution in [0.3, 0.4) is 0 Å². The van der Waals surface area contributed by atoms with Gasteiger partial charge in [-0.2, -0.15) is 8.42 Å². The summed E-state index contributed by atoms with van der Waals surface area (Å²) in [6.07, 6.45) is 5.17. The number of hydrogen-bond donors (Lipinski definition) is 1. The van der Waals surface area contributed by atoms with Crippen LogP contribution in [0.5, 0.6) is 0 Å². The van der Waals surface area contributed by atoms with Crippen molar-refractivity contribution in [2.24, 2.45) is 0 Å². The van der Waals surface area contributed by atoms with Crippen molar-refractivity contribution in [1.29, 1.82) is 0 Å². The molecule has 0 amide bonds. The highest BCUT2D eigenvalue weighted by Crippen LogP contribution is 2.64. The molecule has 1 N–H and O–H groups in total. The molecule has 0 saturated carbocycles. The van der Waals surface area contributed by atoms with E-state index in [1.165, 1.54) is 6.07 Å². The molecule has 0 spiro atoms. The van der Waals surface area contributed by atoms with E-state index in [2.05, 4.69) is 4.72 Å². The fourth-order valence-corrected chi connectivity index (χ4v) is 9.51. The number of sulfone groups is 2. The Morgan fingerprint density at radius 2 is 1.50 bits per heavy atom. The summed E-state index contributed by atoms with van der Waals surface area (Å²) in [6, 6.07) is 10.4. The van der Waals surface area contributed by atoms with Crippen molar-refractivity contribution in [3.8, 4) is 0 Å². The van der Waals surface area contributed by atoms with Crippen LogP contribution in [0.25, 0.3) is 6.08 Å². The Kier molecular flexibility index (Phi) is 4.94. The summed E-state index contributed by atoms with van der Waals surface area (Å²) in [7, 11) is -14.1. The molecule has 1 aliphatic rings. The molecule has 152 valence electrons. The lowest BCUT2D eigenvalue weighted by Gasteiger charge is -2.30. The summed E-state index contributed by atoms with van der Waals surface area (Å²) in [5, 5.41) is 1.62. The van der Waals surface area contributed by atoms with Gasteiger partial charge < -0.3 is 0 Å². The van der Waals surface area contributed by atoms with Crippen molar-refractivity contribution >= 4 is 49.6 Å². The van der Waals surface area contributed by atoms with E-state index >= 15 is 0 Å². The van der Waals surface area contributed by atoms with E-state index < -0.39 is 42.7 Å². The van der Waals surface area contributed by atoms with Crippen LogP contribution in [0.4, 0.5) is 5.69 Å². The molecule has 28 heavy (non-hydrogen) atoms. The smallest absolute Gasteiger partial charge is 0.274 e. The minimum Gasteiger partial charge on any atom is -0.274 e. The number of hydrogen-bond acceptors (Lipinski definition) is 6. The third kappa shape index (κ3) is 3.59. The average Bonchev–Trinajstić information content (AvgIpc) is 2.92. The Balaban J connectivity index is 2.13. The largest absolute Gasteiger partial charge is 0.276 e. The third-order valence-electron chi connectivity index (χ3n) is 4.33. The van der Waals surface area contributed by atoms with Gasteiger partial charge in [0.1, 0.15) is 0 Å². The van der Waals surface area contributed by atoms with Gasteiger partial charge in [-0.05, 0) is 47.6 Å². The van der Waals surface area contributed by atoms with Crippen LogP contribution in [0.1, 0.15) is 5.56 Å². The summed E-state index contributed by atoms with van der Waals surface area (Å²) in [5.74, 6) is 0. The van der Waals surface area contributed by atoms with Crippen molar-refractivity contribution < 1.29 is 25.3 Å². The highest BCUT2D eigenvalue weighted by atomic mass is 33.2. The number of fused-ring (bicyclic) bond motifs is 1. The van der Waals surface area contributed by atoms with Crippen molar-refractivity contribution in [2.75, 3.05) is 23.5 Å². The van der Waals surface area contributed by atoms with Gasteiger partial charge in [0, 0.05) is 17.4 Å². The average molecular weight is 462 g/mol. The van der Waals surface area contributed by atoms with Crippen LogP contribution in [-0.4, -0.2) is 44.0 Å². The lowest BCUT2D eigenvalue weighted by molar-refractivity contribution is 0.600. The molecule has 3 rings (SSSR count). The third-order valence-corrected chi connectivity index (χ3v) is 13.7. The summed E-state index contributed by atoms with van der Waals surface area (Å²) < 4.78 is 76.7. The van der Waals surface area contributed by atoms with Crippen LogP contribution in [0.15, 0.2) is 62.6 Å². The van der Waals surface area contributed by atoms with Crippen LogP contribution >= 0.6 is 9.06 Å². The van der Waals surface area contributed by atoms with E-state index in [1.807, 2.05) is 6.07 Å². The van der Waals surface area contributed by atoms with Crippen LogP contribution in [0.2, 0.25) is 0 Å². The van der Waals surface area contributed by atoms with Crippen LogP contribution in [-0.2, 0) is 28.7 Å². The zero-order valence-corrected chi connectivity index (χ0v) is 18.5. The van der Waals surface area contributed by atoms with Crippen molar-refractivity contribution in [1.82, 2.24) is 0 Å². The Bertz CT molecular complexity index is 1310. The van der Waals surface area contributed by atoms with E-state index in [0.717, 1.165) is 30.2 Å². The van der Waals surface area contributed by atoms with Gasteiger partial charge in [0.15, 0.2) is 19.7 Å². The summed E-state index contributed by atoms with van der Waals surface area (Å²) >= 11 is 0. The van der Waals surface area contributed by atoms with Crippen molar-refractivity contribution in [3.63, 3.8) is 0 Å². The van der Waals surface area contributed by atoms with Crippen molar-refractivity contribution in [3.05, 3.63) is 53.4 Å². The molecule has 0 bridgehead atoms. The monoisotopic (exact) mass is 461 g/mol. The summed E-state index contributed by atoms with van der Waals surface area (Å²) in [5.41, 5.74) is 0.613. The molecule has 0 saturated heterocycles. The zero-order chi connectivity index (χ0) is 21.0. The van der Waals surface area contributed by atoms with E-state index in [4.69, 9.17) is 0 Å². The van der Waals surface area contributed by atoms with E-state index in [9.17, 15) is 25.3 Å². The lowest BCUT2D eigenvalue weighted by atomic mass is 10.2. The van der Waals surface area contributed by atoms with Gasteiger partial charge in [-0.3, -0.25) is 4.72 Å². The molecular weight excluding hydrogens is 442 g/mol. The fraction of sp³-hybridized carbons (Fsp3) is 0.176. The van der Waals surface area contributed by atoms with Gasteiger partial charge >= 0.3 is 0 Å². The van der Waals surface area contributed by atoms with E-state index in [0.29, 0.717) is 4.90 Å². The maximum Gasteiger partial charge on any atom is 0.276 e. The summed E-state index contributed by atoms with van der Waals surface area (Å²) in [4.78, 5) is 0.0500. The second-order valence-corrected chi connectivity index (χ2v) is 17.5. The Hall–Kier alpha value is -1.82. The zero-order valence-electron chi connectivity index (χ0n) is 15.3. The number of rotatable bonds is 5. The predicted octanol–water partition coefficient (Wildman–Crippen LogP) is 2.63. The topological polar surface area (TPSA) is 114 Å². The molecule has 1 aliphatic heterocycles. The molecule has 2 aromatic rings. The SMILES string of the molecule is CS1(S(=O)(=O)Nc2ccc(S(C)(=O)=O)cc2S(C)(=O)=O)C=Cc2ccccc21. The minimum atomic E-state index is -4.02. The first-order valence-corrected chi connectivity index (χ1v) is 15.8. The maximum absolute atomic E-state index is 13.2. The second kappa shape index (κ2) is 6.61. The first-order chi connectivity index (χ1) is 12.8. The quantitative estimate of drug-likeness (QED) is 0.685. The Labute approximate surface area is 166 Å². The molecule has 0 aliphatic carbocycles. The molecule has 0 aromatic heterocycles. The Morgan fingerprint density at radius 1 is 0.857 bits per heavy atom. The van der Waals surface area contributed by atoms with Gasteiger partial charge in [0.2, 0.25) is 0 Å². The van der Waals surface area contributed by atoms with Crippen molar-refractivity contribution in [2.45, 2.75) is 14.7 Å². The Morgan fingerprint density at radius 3 is 2.11 bits per heavy atom. The van der Waals surface area contributed by atoms with Gasteiger partial charge in [-0.1, -0.05) is 27.3 Å². The number of benzene rings is 2. The van der Waals surface area contributed by atoms with Gasteiger partial charge in [-0.15, -0.1) is 0 Å². The molecule has 0 radical (unpaired) electrons. The molecule has 2 aromatic carbocycles. The minimum absolute atomic E-state index is 0.179. The summed E-state index contributed by atoms with van der Waals surface area (Å²) in [6.45, 7) is 0. The normalized spacial score (nSPS) is 21.7. The fourth-order valence-electron chi connectivity index (χ4n) is 2.80. The first kappa shape index (κ1) is 20.9.